The highest BCUT2D eigenvalue weighted by atomic mass is 16.5. The Morgan fingerprint density at radius 3 is 2.43 bits per heavy atom. The van der Waals surface area contributed by atoms with Crippen molar-refractivity contribution in [3.63, 3.8) is 0 Å². The molecule has 2 heterocycles. The number of piperidine rings is 1. The molecule has 5 fully saturated rings. The summed E-state index contributed by atoms with van der Waals surface area (Å²) in [6.07, 6.45) is 4.74. The second kappa shape index (κ2) is 16.3. The van der Waals surface area contributed by atoms with E-state index in [1.54, 1.807) is 6.92 Å². The molecule has 0 spiro atoms. The number of Topliss-reactive ketones (excluding diaryl/α,β-unsaturated/α-hetero) is 1. The number of aliphatic hydroxyl groups is 7. The van der Waals surface area contributed by atoms with Gasteiger partial charge in [0.05, 0.1) is 54.5 Å². The van der Waals surface area contributed by atoms with Crippen LogP contribution < -0.4 is 11.1 Å². The molecule has 0 aromatic carbocycles. The van der Waals surface area contributed by atoms with E-state index >= 15 is 4.79 Å². The van der Waals surface area contributed by atoms with E-state index in [0.29, 0.717) is 55.3 Å². The summed E-state index contributed by atoms with van der Waals surface area (Å²) in [6.45, 7) is 10.8. The fourth-order valence-electron chi connectivity index (χ4n) is 12.9. The number of carbonyl (C=O) groups is 1. The Balaban J connectivity index is 1.35. The van der Waals surface area contributed by atoms with Crippen molar-refractivity contribution >= 4 is 5.78 Å². The number of unbranched alkanes of at least 4 members (excludes halogenated alkanes) is 3. The van der Waals surface area contributed by atoms with Crippen molar-refractivity contribution in [2.45, 2.75) is 191 Å². The third-order valence-corrected chi connectivity index (χ3v) is 16.4. The van der Waals surface area contributed by atoms with Gasteiger partial charge in [0, 0.05) is 23.3 Å². The average molecular weight is 763 g/mol. The number of carbonyl (C=O) groups excluding carboxylic acids is 1. The highest BCUT2D eigenvalue weighted by molar-refractivity contribution is 6.00. The second-order valence-corrected chi connectivity index (χ2v) is 19.5. The smallest absolute Gasteiger partial charge is 0.162 e. The highest BCUT2D eigenvalue weighted by Crippen LogP contribution is 2.71. The average Bonchev–Trinajstić information content (AvgIpc) is 3.64. The monoisotopic (exact) mass is 763 g/mol. The van der Waals surface area contributed by atoms with Crippen molar-refractivity contribution in [3.8, 4) is 0 Å². The summed E-state index contributed by atoms with van der Waals surface area (Å²) >= 11 is 0. The van der Waals surface area contributed by atoms with Gasteiger partial charge in [-0.1, -0.05) is 46.5 Å². The molecule has 2 aliphatic heterocycles. The van der Waals surface area contributed by atoms with Crippen LogP contribution in [0.2, 0.25) is 0 Å². The second-order valence-electron chi connectivity index (χ2n) is 19.5. The van der Waals surface area contributed by atoms with E-state index in [-0.39, 0.29) is 49.5 Å². The molecule has 0 amide bonds. The highest BCUT2D eigenvalue weighted by Gasteiger charge is 2.71. The number of aliphatic hydroxyl groups excluding tert-OH is 5. The van der Waals surface area contributed by atoms with Crippen molar-refractivity contribution < 1.29 is 45.3 Å². The van der Waals surface area contributed by atoms with Gasteiger partial charge in [-0.2, -0.15) is 0 Å². The lowest BCUT2D eigenvalue weighted by molar-refractivity contribution is -0.196. The van der Waals surface area contributed by atoms with E-state index in [1.165, 1.54) is 26.2 Å². The van der Waals surface area contributed by atoms with Gasteiger partial charge >= 0.3 is 0 Å². The van der Waals surface area contributed by atoms with Crippen LogP contribution in [0.4, 0.5) is 0 Å². The van der Waals surface area contributed by atoms with Crippen LogP contribution in [-0.2, 0) is 9.53 Å². The third kappa shape index (κ3) is 7.32. The Bertz CT molecular complexity index is 1350. The van der Waals surface area contributed by atoms with Crippen molar-refractivity contribution in [1.29, 1.82) is 0 Å². The number of fused-ring (bicyclic) bond motifs is 5. The van der Waals surface area contributed by atoms with Crippen molar-refractivity contribution in [3.05, 3.63) is 11.1 Å². The number of hydrogen-bond acceptors (Lipinski definition) is 11. The van der Waals surface area contributed by atoms with Crippen LogP contribution in [0.15, 0.2) is 11.1 Å². The zero-order valence-electron chi connectivity index (χ0n) is 33.8. The Morgan fingerprint density at radius 2 is 1.76 bits per heavy atom. The molecular formula is C43H74N2O9. The Morgan fingerprint density at radius 1 is 1.02 bits per heavy atom. The number of ether oxygens (including phenoxy) is 1. The van der Waals surface area contributed by atoms with E-state index in [9.17, 15) is 35.7 Å². The predicted octanol–water partition coefficient (Wildman–Crippen LogP) is 3.47. The summed E-state index contributed by atoms with van der Waals surface area (Å²) in [4.78, 5) is 15.0. The zero-order chi connectivity index (χ0) is 39.4. The van der Waals surface area contributed by atoms with Crippen molar-refractivity contribution in [1.82, 2.24) is 5.32 Å². The normalized spacial score (nSPS) is 45.3. The number of rotatable bonds is 14. The molecule has 2 unspecified atom stereocenters. The zero-order valence-corrected chi connectivity index (χ0v) is 33.8. The minimum absolute atomic E-state index is 0.0377. The van der Waals surface area contributed by atoms with E-state index in [1.807, 2.05) is 6.92 Å². The first kappa shape index (κ1) is 42.6. The van der Waals surface area contributed by atoms with Crippen LogP contribution in [0.3, 0.4) is 0 Å². The topological polar surface area (TPSA) is 206 Å². The summed E-state index contributed by atoms with van der Waals surface area (Å²) < 4.78 is 6.26. The molecule has 3 saturated carbocycles. The van der Waals surface area contributed by atoms with Crippen LogP contribution in [0, 0.1) is 46.3 Å². The van der Waals surface area contributed by atoms with E-state index in [0.717, 1.165) is 38.6 Å². The minimum Gasteiger partial charge on any atom is -0.391 e. The molecule has 0 aromatic heterocycles. The summed E-state index contributed by atoms with van der Waals surface area (Å²) in [7, 11) is 0. The summed E-state index contributed by atoms with van der Waals surface area (Å²) in [5.41, 5.74) is 2.25. The molecule has 10 N–H and O–H groups in total. The fraction of sp³-hybridized carbons (Fsp3) is 0.930. The van der Waals surface area contributed by atoms with Crippen molar-refractivity contribution in [2.75, 3.05) is 13.2 Å². The predicted molar refractivity (Wildman–Crippen MR) is 206 cm³/mol. The number of nitrogens with one attached hydrogen (secondary N) is 1. The Labute approximate surface area is 323 Å². The summed E-state index contributed by atoms with van der Waals surface area (Å²) in [5.74, 6) is -0.960. The first-order valence-electron chi connectivity index (χ1n) is 21.7. The maximum absolute atomic E-state index is 15.0. The van der Waals surface area contributed by atoms with Crippen LogP contribution >= 0.6 is 0 Å². The molecule has 2 saturated heterocycles. The number of hydrogen-bond donors (Lipinski definition) is 9. The van der Waals surface area contributed by atoms with Gasteiger partial charge in [0.1, 0.15) is 6.10 Å². The van der Waals surface area contributed by atoms with Gasteiger partial charge < -0.3 is 51.5 Å². The van der Waals surface area contributed by atoms with Gasteiger partial charge in [0.2, 0.25) is 0 Å². The van der Waals surface area contributed by atoms with Crippen molar-refractivity contribution in [2.24, 2.45) is 52.1 Å². The third-order valence-electron chi connectivity index (χ3n) is 16.4. The first-order chi connectivity index (χ1) is 25.4. The molecule has 11 nitrogen and oxygen atoms in total. The molecular weight excluding hydrogens is 688 g/mol. The molecule has 4 aliphatic carbocycles. The maximum Gasteiger partial charge on any atom is 0.162 e. The van der Waals surface area contributed by atoms with Gasteiger partial charge in [0.25, 0.3) is 0 Å². The van der Waals surface area contributed by atoms with Gasteiger partial charge in [-0.15, -0.1) is 0 Å². The van der Waals surface area contributed by atoms with E-state index in [4.69, 9.17) is 10.5 Å². The molecule has 6 aliphatic rings. The first-order valence-corrected chi connectivity index (χ1v) is 21.7. The fourth-order valence-corrected chi connectivity index (χ4v) is 12.9. The molecule has 17 atom stereocenters. The quantitative estimate of drug-likeness (QED) is 0.117. The molecule has 0 bridgehead atoms. The SMILES string of the molecule is CCCCCC[C@H]1CO[C@@H]([C@@H](O)[C@](C)(O)[C@@H]2CC[C@]3(O)C4=C(C[C@H](O)[C@H](C)O)C(=O)[C@H]5C[C@@H](O)[C@@H](O)C[C@]5(CCC5CCC(N)NC5)[C@@H]4CC[C@]23C)[C@H]1C. The lowest BCUT2D eigenvalue weighted by atomic mass is 9.42. The van der Waals surface area contributed by atoms with Gasteiger partial charge in [-0.25, -0.2) is 0 Å². The van der Waals surface area contributed by atoms with Crippen LogP contribution in [-0.4, -0.2) is 109 Å². The standard InChI is InChI=1S/C43H74N2O9/c1-6-7-8-9-10-27-23-54-38(24(27)2)39(51)41(5,52)34-15-18-43(53)36-28(19-31(47)25(3)46)37(50)30-20-32(48)33(49)21-42(30,29(36)14-16-40(34,43)4)17-13-26-11-12-35(44)45-22-26/h24-27,29-35,38-39,45-49,51-53H,6-23,44H2,1-5H3/t24-,25-,26?,27-,29+,30+,31-,32+,33-,34+,35?,38+,39+,40+,41+,42+,43-/m0/s1. The lowest BCUT2D eigenvalue weighted by Gasteiger charge is -2.63. The van der Waals surface area contributed by atoms with Crippen LogP contribution in [0.25, 0.3) is 0 Å². The minimum atomic E-state index is -1.61. The Hall–Kier alpha value is -0.990. The Kier molecular flexibility index (Phi) is 12.9. The molecule has 310 valence electrons. The van der Waals surface area contributed by atoms with E-state index in [2.05, 4.69) is 19.2 Å². The molecule has 0 aromatic rings. The summed E-state index contributed by atoms with van der Waals surface area (Å²) in [6, 6.07) is 0. The molecule has 54 heavy (non-hydrogen) atoms. The van der Waals surface area contributed by atoms with E-state index < -0.39 is 70.5 Å². The number of nitrogens with two attached hydrogens (primary N) is 1. The van der Waals surface area contributed by atoms with Crippen LogP contribution in [0.5, 0.6) is 0 Å². The van der Waals surface area contributed by atoms with Gasteiger partial charge in [-0.3, -0.25) is 4.79 Å². The maximum atomic E-state index is 15.0. The molecule has 11 heteroatoms. The van der Waals surface area contributed by atoms with Crippen LogP contribution in [0.1, 0.15) is 137 Å². The lowest BCUT2D eigenvalue weighted by Crippen LogP contribution is -2.65. The number of ketones is 1. The largest absolute Gasteiger partial charge is 0.391 e. The van der Waals surface area contributed by atoms with Gasteiger partial charge in [0.15, 0.2) is 5.78 Å². The molecule has 6 rings (SSSR count). The molecule has 0 radical (unpaired) electrons. The van der Waals surface area contributed by atoms with Gasteiger partial charge in [-0.05, 0) is 132 Å². The summed E-state index contributed by atoms with van der Waals surface area (Å²) in [5, 5.41) is 85.2.